The van der Waals surface area contributed by atoms with E-state index in [2.05, 4.69) is 20.8 Å². The van der Waals surface area contributed by atoms with Crippen LogP contribution in [0.15, 0.2) is 0 Å². The molecule has 15 heavy (non-hydrogen) atoms. The van der Waals surface area contributed by atoms with Gasteiger partial charge in [-0.15, -0.1) is 0 Å². The van der Waals surface area contributed by atoms with Crippen LogP contribution >= 0.6 is 0 Å². The lowest BCUT2D eigenvalue weighted by atomic mass is 9.80. The summed E-state index contributed by atoms with van der Waals surface area (Å²) in [5, 5.41) is 0. The minimum atomic E-state index is -0.729. The zero-order valence-corrected chi connectivity index (χ0v) is 10.6. The molecule has 1 rings (SSSR count). The molecule has 1 amide bonds. The summed E-state index contributed by atoms with van der Waals surface area (Å²) in [7, 11) is 0. The van der Waals surface area contributed by atoms with Crippen molar-refractivity contribution in [3.05, 3.63) is 0 Å². The largest absolute Gasteiger partial charge is 0.341 e. The van der Waals surface area contributed by atoms with Crippen molar-refractivity contribution < 1.29 is 4.79 Å². The number of hydrogen-bond donors (Lipinski definition) is 1. The fourth-order valence-corrected chi connectivity index (χ4v) is 2.06. The molecule has 88 valence electrons. The zero-order valence-electron chi connectivity index (χ0n) is 10.6. The second kappa shape index (κ2) is 3.78. The van der Waals surface area contributed by atoms with Gasteiger partial charge in [-0.3, -0.25) is 4.79 Å². The van der Waals surface area contributed by atoms with Crippen LogP contribution in [0.1, 0.15) is 41.0 Å². The van der Waals surface area contributed by atoms with Gasteiger partial charge in [-0.05, 0) is 31.6 Å². The van der Waals surface area contributed by atoms with Crippen LogP contribution in [0.25, 0.3) is 0 Å². The predicted molar refractivity (Wildman–Crippen MR) is 62.4 cm³/mol. The summed E-state index contributed by atoms with van der Waals surface area (Å²) in [4.78, 5) is 13.9. The van der Waals surface area contributed by atoms with Crippen LogP contribution in [0.2, 0.25) is 0 Å². The third kappa shape index (κ3) is 2.94. The average molecular weight is 212 g/mol. The van der Waals surface area contributed by atoms with E-state index in [9.17, 15) is 4.79 Å². The van der Waals surface area contributed by atoms with E-state index in [0.29, 0.717) is 5.92 Å². The quantitative estimate of drug-likeness (QED) is 0.718. The molecule has 3 nitrogen and oxygen atoms in total. The van der Waals surface area contributed by atoms with E-state index in [4.69, 9.17) is 5.73 Å². The Balaban J connectivity index is 2.62. The second-order valence-electron chi connectivity index (χ2n) is 6.32. The molecule has 0 saturated carbocycles. The summed E-state index contributed by atoms with van der Waals surface area (Å²) in [6, 6.07) is 0. The van der Waals surface area contributed by atoms with Gasteiger partial charge in [0.25, 0.3) is 0 Å². The van der Waals surface area contributed by atoms with E-state index in [1.807, 2.05) is 4.90 Å². The van der Waals surface area contributed by atoms with Crippen molar-refractivity contribution in [1.82, 2.24) is 4.90 Å². The standard InChI is InChI=1S/C12H24N2O/c1-11(2,3)9-6-7-14(8-9)10(15)12(4,5)13/h9H,6-8,13H2,1-5H3. The maximum atomic E-state index is 11.9. The van der Waals surface area contributed by atoms with Gasteiger partial charge in [0, 0.05) is 13.1 Å². The zero-order chi connectivity index (χ0) is 11.9. The summed E-state index contributed by atoms with van der Waals surface area (Å²) in [6.45, 7) is 12.0. The molecule has 0 aliphatic carbocycles. The highest BCUT2D eigenvalue weighted by atomic mass is 16.2. The molecule has 1 atom stereocenters. The molecule has 1 aliphatic rings. The van der Waals surface area contributed by atoms with E-state index in [1.165, 1.54) is 0 Å². The van der Waals surface area contributed by atoms with Crippen LogP contribution in [0.3, 0.4) is 0 Å². The van der Waals surface area contributed by atoms with Crippen molar-refractivity contribution in [1.29, 1.82) is 0 Å². The van der Waals surface area contributed by atoms with Crippen LogP contribution < -0.4 is 5.73 Å². The van der Waals surface area contributed by atoms with Gasteiger partial charge in [0.05, 0.1) is 5.54 Å². The lowest BCUT2D eigenvalue weighted by Crippen LogP contribution is -2.50. The first-order valence-electron chi connectivity index (χ1n) is 5.70. The summed E-state index contributed by atoms with van der Waals surface area (Å²) < 4.78 is 0. The molecule has 1 fully saturated rings. The highest BCUT2D eigenvalue weighted by molar-refractivity contribution is 5.85. The number of hydrogen-bond acceptors (Lipinski definition) is 2. The van der Waals surface area contributed by atoms with E-state index < -0.39 is 5.54 Å². The Morgan fingerprint density at radius 2 is 1.80 bits per heavy atom. The number of amides is 1. The van der Waals surface area contributed by atoms with Gasteiger partial charge in [-0.25, -0.2) is 0 Å². The monoisotopic (exact) mass is 212 g/mol. The Morgan fingerprint density at radius 1 is 1.27 bits per heavy atom. The van der Waals surface area contributed by atoms with Gasteiger partial charge < -0.3 is 10.6 Å². The third-order valence-corrected chi connectivity index (χ3v) is 3.25. The van der Waals surface area contributed by atoms with Crippen molar-refractivity contribution in [3.8, 4) is 0 Å². The van der Waals surface area contributed by atoms with Crippen LogP contribution in [0.5, 0.6) is 0 Å². The Hall–Kier alpha value is -0.570. The maximum absolute atomic E-state index is 11.9. The first-order chi connectivity index (χ1) is 6.62. The van der Waals surface area contributed by atoms with Gasteiger partial charge in [0.2, 0.25) is 5.91 Å². The minimum absolute atomic E-state index is 0.0780. The third-order valence-electron chi connectivity index (χ3n) is 3.25. The Labute approximate surface area is 93.0 Å². The van der Waals surface area contributed by atoms with E-state index in [0.717, 1.165) is 19.5 Å². The van der Waals surface area contributed by atoms with E-state index >= 15 is 0 Å². The number of likely N-dealkylation sites (tertiary alicyclic amines) is 1. The Kier molecular flexibility index (Phi) is 3.15. The molecule has 0 aromatic heterocycles. The molecular weight excluding hydrogens is 188 g/mol. The first-order valence-corrected chi connectivity index (χ1v) is 5.70. The van der Waals surface area contributed by atoms with Crippen molar-refractivity contribution >= 4 is 5.91 Å². The normalized spacial score (nSPS) is 23.3. The molecule has 2 N–H and O–H groups in total. The van der Waals surface area contributed by atoms with Crippen LogP contribution in [-0.4, -0.2) is 29.4 Å². The lowest BCUT2D eigenvalue weighted by Gasteiger charge is -2.29. The average Bonchev–Trinajstić information content (AvgIpc) is 2.47. The van der Waals surface area contributed by atoms with E-state index in [1.54, 1.807) is 13.8 Å². The van der Waals surface area contributed by atoms with Gasteiger partial charge in [-0.1, -0.05) is 20.8 Å². The van der Waals surface area contributed by atoms with Crippen LogP contribution in [0, 0.1) is 11.3 Å². The molecule has 1 unspecified atom stereocenters. The molecular formula is C12H24N2O. The summed E-state index contributed by atoms with van der Waals surface area (Å²) in [5.41, 5.74) is 5.38. The minimum Gasteiger partial charge on any atom is -0.341 e. The molecule has 1 saturated heterocycles. The number of carbonyl (C=O) groups is 1. The molecule has 0 aromatic rings. The lowest BCUT2D eigenvalue weighted by molar-refractivity contribution is -0.134. The number of nitrogens with zero attached hydrogens (tertiary/aromatic N) is 1. The van der Waals surface area contributed by atoms with Gasteiger partial charge >= 0.3 is 0 Å². The van der Waals surface area contributed by atoms with Crippen molar-refractivity contribution in [2.24, 2.45) is 17.1 Å². The number of rotatable bonds is 1. The van der Waals surface area contributed by atoms with Crippen molar-refractivity contribution in [2.45, 2.75) is 46.6 Å². The molecule has 0 radical (unpaired) electrons. The topological polar surface area (TPSA) is 46.3 Å². The van der Waals surface area contributed by atoms with Gasteiger partial charge in [-0.2, -0.15) is 0 Å². The summed E-state index contributed by atoms with van der Waals surface area (Å²) >= 11 is 0. The molecule has 0 spiro atoms. The van der Waals surface area contributed by atoms with Gasteiger partial charge in [0.15, 0.2) is 0 Å². The second-order valence-corrected chi connectivity index (χ2v) is 6.32. The van der Waals surface area contributed by atoms with Crippen molar-refractivity contribution in [3.63, 3.8) is 0 Å². The Morgan fingerprint density at radius 3 is 2.13 bits per heavy atom. The molecule has 3 heteroatoms. The number of nitrogens with two attached hydrogens (primary N) is 1. The molecule has 1 heterocycles. The van der Waals surface area contributed by atoms with E-state index in [-0.39, 0.29) is 11.3 Å². The maximum Gasteiger partial charge on any atom is 0.242 e. The van der Waals surface area contributed by atoms with Crippen molar-refractivity contribution in [2.75, 3.05) is 13.1 Å². The van der Waals surface area contributed by atoms with Crippen LogP contribution in [0.4, 0.5) is 0 Å². The highest BCUT2D eigenvalue weighted by Crippen LogP contribution is 2.34. The first kappa shape index (κ1) is 12.5. The smallest absolute Gasteiger partial charge is 0.242 e. The fourth-order valence-electron chi connectivity index (χ4n) is 2.06. The predicted octanol–water partition coefficient (Wildman–Crippen LogP) is 1.62. The SMILES string of the molecule is CC(C)(N)C(=O)N1CCC(C(C)(C)C)C1. The van der Waals surface area contributed by atoms with Crippen LogP contribution in [-0.2, 0) is 4.79 Å². The molecule has 0 aromatic carbocycles. The highest BCUT2D eigenvalue weighted by Gasteiger charge is 2.37. The van der Waals surface area contributed by atoms with Gasteiger partial charge in [0.1, 0.15) is 0 Å². The summed E-state index contributed by atoms with van der Waals surface area (Å²) in [6.07, 6.45) is 1.10. The Bertz CT molecular complexity index is 247. The molecule has 0 bridgehead atoms. The molecule has 1 aliphatic heterocycles. The fraction of sp³-hybridized carbons (Fsp3) is 0.917. The number of carbonyl (C=O) groups excluding carboxylic acids is 1. The summed E-state index contributed by atoms with van der Waals surface area (Å²) in [5.74, 6) is 0.679.